The van der Waals surface area contributed by atoms with Crippen LogP contribution in [-0.2, 0) is 9.59 Å². The zero-order valence-electron chi connectivity index (χ0n) is 9.85. The van der Waals surface area contributed by atoms with Gasteiger partial charge in [-0.1, -0.05) is 23.4 Å². The Bertz CT molecular complexity index is 507. The quantitative estimate of drug-likeness (QED) is 0.847. The lowest BCUT2D eigenvalue weighted by molar-refractivity contribution is -0.117. The lowest BCUT2D eigenvalue weighted by Crippen LogP contribution is -2.25. The van der Waals surface area contributed by atoms with Gasteiger partial charge in [0.05, 0.1) is 11.4 Å². The van der Waals surface area contributed by atoms with E-state index in [1.165, 1.54) is 18.7 Å². The number of carbonyl (C=O) groups is 2. The fourth-order valence-electron chi connectivity index (χ4n) is 1.97. The van der Waals surface area contributed by atoms with Crippen molar-refractivity contribution in [2.75, 3.05) is 17.2 Å². The van der Waals surface area contributed by atoms with Gasteiger partial charge in [-0.25, -0.2) is 0 Å². The SMILES string of the molecule is CC(=O)SC1CC(=O)N(c2cc(Cl)ccc2N)C1. The number of benzene rings is 1. The molecule has 0 bridgehead atoms. The van der Waals surface area contributed by atoms with Crippen LogP contribution < -0.4 is 10.6 Å². The molecule has 0 aromatic heterocycles. The molecule has 4 nitrogen and oxygen atoms in total. The van der Waals surface area contributed by atoms with Crippen LogP contribution in [0.5, 0.6) is 0 Å². The van der Waals surface area contributed by atoms with Crippen LogP contribution in [0, 0.1) is 0 Å². The van der Waals surface area contributed by atoms with Crippen LogP contribution in [-0.4, -0.2) is 22.8 Å². The summed E-state index contributed by atoms with van der Waals surface area (Å²) < 4.78 is 0. The molecule has 0 aliphatic carbocycles. The van der Waals surface area contributed by atoms with Crippen molar-refractivity contribution in [3.8, 4) is 0 Å². The van der Waals surface area contributed by atoms with E-state index in [1.54, 1.807) is 23.1 Å². The predicted octanol–water partition coefficient (Wildman–Crippen LogP) is 2.31. The Hall–Kier alpha value is -1.20. The van der Waals surface area contributed by atoms with Crippen LogP contribution >= 0.6 is 23.4 Å². The number of thioether (sulfide) groups is 1. The minimum atomic E-state index is -0.0253. The Kier molecular flexibility index (Phi) is 3.82. The normalized spacial score (nSPS) is 19.3. The molecule has 1 fully saturated rings. The van der Waals surface area contributed by atoms with Crippen LogP contribution in [0.4, 0.5) is 11.4 Å². The molecule has 18 heavy (non-hydrogen) atoms. The molecule has 1 atom stereocenters. The van der Waals surface area contributed by atoms with Crippen molar-refractivity contribution in [2.24, 2.45) is 0 Å². The van der Waals surface area contributed by atoms with E-state index in [9.17, 15) is 9.59 Å². The third-order valence-corrected chi connectivity index (χ3v) is 3.92. The van der Waals surface area contributed by atoms with Crippen LogP contribution in [0.25, 0.3) is 0 Å². The fourth-order valence-corrected chi connectivity index (χ4v) is 3.06. The van der Waals surface area contributed by atoms with Crippen LogP contribution in [0.15, 0.2) is 18.2 Å². The number of nitrogens with zero attached hydrogens (tertiary/aromatic N) is 1. The highest BCUT2D eigenvalue weighted by atomic mass is 35.5. The Labute approximate surface area is 114 Å². The number of amides is 1. The van der Waals surface area contributed by atoms with Crippen LogP contribution in [0.1, 0.15) is 13.3 Å². The van der Waals surface area contributed by atoms with Gasteiger partial charge in [0.15, 0.2) is 5.12 Å². The second-order valence-corrected chi connectivity index (χ2v) is 6.06. The molecule has 1 saturated heterocycles. The lowest BCUT2D eigenvalue weighted by Gasteiger charge is -2.18. The number of carbonyl (C=O) groups excluding carboxylic acids is 2. The molecule has 96 valence electrons. The second kappa shape index (κ2) is 5.20. The maximum atomic E-state index is 11.9. The van der Waals surface area contributed by atoms with Crippen molar-refractivity contribution in [3.63, 3.8) is 0 Å². The van der Waals surface area contributed by atoms with Gasteiger partial charge < -0.3 is 10.6 Å². The summed E-state index contributed by atoms with van der Waals surface area (Å²) >= 11 is 7.11. The minimum absolute atomic E-state index is 0.00613. The molecule has 1 aliphatic rings. The maximum Gasteiger partial charge on any atom is 0.228 e. The number of nitrogens with two attached hydrogens (primary N) is 1. The fraction of sp³-hybridized carbons (Fsp3) is 0.333. The van der Waals surface area contributed by atoms with Gasteiger partial charge in [0.1, 0.15) is 0 Å². The standard InChI is InChI=1S/C12H13ClN2O2S/c1-7(16)18-9-5-12(17)15(6-9)11-4-8(13)2-3-10(11)14/h2-4,9H,5-6,14H2,1H3. The van der Waals surface area contributed by atoms with E-state index in [4.69, 9.17) is 17.3 Å². The Morgan fingerprint density at radius 2 is 2.28 bits per heavy atom. The molecular formula is C12H13ClN2O2S. The van der Waals surface area contributed by atoms with Crippen molar-refractivity contribution >= 4 is 45.8 Å². The highest BCUT2D eigenvalue weighted by Gasteiger charge is 2.32. The van der Waals surface area contributed by atoms with Gasteiger partial charge in [-0.15, -0.1) is 0 Å². The molecule has 1 aliphatic heterocycles. The number of anilines is 2. The van der Waals surface area contributed by atoms with E-state index in [2.05, 4.69) is 0 Å². The molecule has 2 N–H and O–H groups in total. The van der Waals surface area contributed by atoms with Gasteiger partial charge in [-0.05, 0) is 18.2 Å². The first-order valence-corrected chi connectivity index (χ1v) is 6.75. The van der Waals surface area contributed by atoms with E-state index in [0.717, 1.165) is 0 Å². The molecular weight excluding hydrogens is 272 g/mol. The van der Waals surface area contributed by atoms with Crippen molar-refractivity contribution in [1.29, 1.82) is 0 Å². The summed E-state index contributed by atoms with van der Waals surface area (Å²) in [7, 11) is 0. The van der Waals surface area contributed by atoms with Gasteiger partial charge in [0.25, 0.3) is 0 Å². The first-order valence-electron chi connectivity index (χ1n) is 5.50. The highest BCUT2D eigenvalue weighted by Crippen LogP contribution is 2.33. The van der Waals surface area contributed by atoms with Gasteiger partial charge in [0, 0.05) is 30.2 Å². The monoisotopic (exact) mass is 284 g/mol. The Morgan fingerprint density at radius 1 is 1.56 bits per heavy atom. The second-order valence-electron chi connectivity index (χ2n) is 4.14. The molecule has 1 aromatic carbocycles. The molecule has 1 unspecified atom stereocenters. The van der Waals surface area contributed by atoms with Gasteiger partial charge in [-0.3, -0.25) is 9.59 Å². The summed E-state index contributed by atoms with van der Waals surface area (Å²) in [6, 6.07) is 5.04. The average molecular weight is 285 g/mol. The van der Waals surface area contributed by atoms with Crippen molar-refractivity contribution in [1.82, 2.24) is 0 Å². The smallest absolute Gasteiger partial charge is 0.228 e. The number of halogens is 1. The summed E-state index contributed by atoms with van der Waals surface area (Å²) in [4.78, 5) is 24.6. The molecule has 0 radical (unpaired) electrons. The number of hydrogen-bond acceptors (Lipinski definition) is 4. The third-order valence-electron chi connectivity index (χ3n) is 2.71. The van der Waals surface area contributed by atoms with E-state index in [0.29, 0.717) is 29.4 Å². The first-order chi connectivity index (χ1) is 8.47. The molecule has 1 aromatic rings. The van der Waals surface area contributed by atoms with Gasteiger partial charge in [-0.2, -0.15) is 0 Å². The Balaban J connectivity index is 2.21. The lowest BCUT2D eigenvalue weighted by atomic mass is 10.2. The number of hydrogen-bond donors (Lipinski definition) is 1. The highest BCUT2D eigenvalue weighted by molar-refractivity contribution is 8.14. The molecule has 1 amide bonds. The van der Waals surface area contributed by atoms with Crippen molar-refractivity contribution in [3.05, 3.63) is 23.2 Å². The maximum absolute atomic E-state index is 11.9. The van der Waals surface area contributed by atoms with Crippen LogP contribution in [0.3, 0.4) is 0 Å². The summed E-state index contributed by atoms with van der Waals surface area (Å²) in [5, 5.41) is 0.553. The third kappa shape index (κ3) is 2.79. The van der Waals surface area contributed by atoms with E-state index >= 15 is 0 Å². The first kappa shape index (κ1) is 13.2. The molecule has 2 rings (SSSR count). The van der Waals surface area contributed by atoms with Crippen molar-refractivity contribution < 1.29 is 9.59 Å². The largest absolute Gasteiger partial charge is 0.397 e. The summed E-state index contributed by atoms with van der Waals surface area (Å²) in [5.74, 6) is -0.0253. The van der Waals surface area contributed by atoms with E-state index in [-0.39, 0.29) is 16.3 Å². The topological polar surface area (TPSA) is 63.4 Å². The van der Waals surface area contributed by atoms with Crippen LogP contribution in [0.2, 0.25) is 5.02 Å². The van der Waals surface area contributed by atoms with Crippen molar-refractivity contribution in [2.45, 2.75) is 18.6 Å². The zero-order chi connectivity index (χ0) is 13.3. The van der Waals surface area contributed by atoms with E-state index < -0.39 is 0 Å². The molecule has 1 heterocycles. The molecule has 0 saturated carbocycles. The average Bonchev–Trinajstić information content (AvgIpc) is 2.62. The van der Waals surface area contributed by atoms with Gasteiger partial charge >= 0.3 is 0 Å². The number of rotatable bonds is 2. The van der Waals surface area contributed by atoms with Gasteiger partial charge in [0.2, 0.25) is 5.91 Å². The van der Waals surface area contributed by atoms with E-state index in [1.807, 2.05) is 0 Å². The molecule has 6 heteroatoms. The summed E-state index contributed by atoms with van der Waals surface area (Å²) in [5.41, 5.74) is 6.99. The zero-order valence-corrected chi connectivity index (χ0v) is 11.4. The minimum Gasteiger partial charge on any atom is -0.397 e. The predicted molar refractivity (Wildman–Crippen MR) is 74.9 cm³/mol. The number of nitrogen functional groups attached to an aromatic ring is 1. The summed E-state index contributed by atoms with van der Waals surface area (Å²) in [6.45, 7) is 2.00. The Morgan fingerprint density at radius 3 is 2.94 bits per heavy atom. The molecule has 0 spiro atoms. The summed E-state index contributed by atoms with van der Waals surface area (Å²) in [6.07, 6.45) is 0.357.